The topological polar surface area (TPSA) is 27.1 Å². The largest absolute Gasteiger partial charge is 0.485 e. The van der Waals surface area contributed by atoms with Crippen LogP contribution >= 0.6 is 23.2 Å². The van der Waals surface area contributed by atoms with E-state index in [0.717, 1.165) is 41.1 Å². The van der Waals surface area contributed by atoms with Crippen molar-refractivity contribution in [3.63, 3.8) is 0 Å². The van der Waals surface area contributed by atoms with Crippen LogP contribution in [0, 0.1) is 19.8 Å². The third-order valence-corrected chi connectivity index (χ3v) is 5.72. The van der Waals surface area contributed by atoms with E-state index in [4.69, 9.17) is 32.9 Å². The molecule has 3 aromatic rings. The number of nitrogens with zero attached hydrogens (tertiary/aromatic N) is 2. The van der Waals surface area contributed by atoms with Gasteiger partial charge in [0.2, 0.25) is 0 Å². The molecule has 0 bridgehead atoms. The van der Waals surface area contributed by atoms with E-state index in [1.165, 1.54) is 5.56 Å². The number of alkyl halides is 2. The zero-order valence-corrected chi connectivity index (χ0v) is 15.8. The Hall–Kier alpha value is -1.71. The number of hydrogen-bond donors (Lipinski definition) is 0. The number of benzene rings is 2. The third-order valence-electron chi connectivity index (χ3n) is 4.79. The molecule has 3 nitrogen and oxygen atoms in total. The molecule has 1 aliphatic carbocycles. The first-order valence-corrected chi connectivity index (χ1v) is 9.22. The average Bonchev–Trinajstić information content (AvgIpc) is 3.03. The fourth-order valence-corrected chi connectivity index (χ4v) is 3.64. The van der Waals surface area contributed by atoms with E-state index >= 15 is 0 Å². The van der Waals surface area contributed by atoms with Gasteiger partial charge < -0.3 is 9.30 Å². The number of aromatic nitrogens is 2. The van der Waals surface area contributed by atoms with Gasteiger partial charge in [0.1, 0.15) is 22.5 Å². The van der Waals surface area contributed by atoms with Gasteiger partial charge in [-0.3, -0.25) is 0 Å². The minimum absolute atomic E-state index is 0.257. The highest BCUT2D eigenvalue weighted by molar-refractivity contribution is 6.50. The second kappa shape index (κ2) is 6.22. The SMILES string of the molecule is Cc1ccc(C)c(OCc2nc3ccccc3n2CC2CC2(Cl)Cl)c1. The molecule has 4 rings (SSSR count). The summed E-state index contributed by atoms with van der Waals surface area (Å²) in [5, 5.41) is 0. The summed E-state index contributed by atoms with van der Waals surface area (Å²) in [5.74, 6) is 2.06. The molecule has 1 saturated carbocycles. The van der Waals surface area contributed by atoms with E-state index < -0.39 is 4.33 Å². The van der Waals surface area contributed by atoms with Crippen molar-refractivity contribution in [3.05, 3.63) is 59.4 Å². The maximum atomic E-state index is 6.24. The Labute approximate surface area is 157 Å². The van der Waals surface area contributed by atoms with Crippen LogP contribution in [0.25, 0.3) is 11.0 Å². The monoisotopic (exact) mass is 374 g/mol. The maximum Gasteiger partial charge on any atom is 0.148 e. The van der Waals surface area contributed by atoms with Gasteiger partial charge in [-0.05, 0) is 49.6 Å². The predicted octanol–water partition coefficient (Wildman–Crippen LogP) is 5.43. The highest BCUT2D eigenvalue weighted by Gasteiger charge is 2.51. The van der Waals surface area contributed by atoms with Gasteiger partial charge in [0, 0.05) is 12.5 Å². The molecule has 0 amide bonds. The molecule has 1 aliphatic rings. The normalized spacial score (nSPS) is 18.5. The van der Waals surface area contributed by atoms with Crippen molar-refractivity contribution >= 4 is 34.2 Å². The van der Waals surface area contributed by atoms with Crippen LogP contribution in [-0.4, -0.2) is 13.9 Å². The zero-order chi connectivity index (χ0) is 17.6. The summed E-state index contributed by atoms with van der Waals surface area (Å²) < 4.78 is 7.67. The fraction of sp³-hybridized carbons (Fsp3) is 0.350. The Bertz CT molecular complexity index is 933. The van der Waals surface area contributed by atoms with Crippen LogP contribution in [0.15, 0.2) is 42.5 Å². The molecule has 1 fully saturated rings. The minimum atomic E-state index is -0.601. The predicted molar refractivity (Wildman–Crippen MR) is 103 cm³/mol. The lowest BCUT2D eigenvalue weighted by Gasteiger charge is -2.12. The standard InChI is InChI=1S/C20H20Cl2N2O/c1-13-7-8-14(2)18(9-13)25-12-19-23-16-5-3-4-6-17(16)24(19)11-15-10-20(15,21)22/h3-9,15H,10-12H2,1-2H3. The van der Waals surface area contributed by atoms with Crippen molar-refractivity contribution in [1.82, 2.24) is 9.55 Å². The number of ether oxygens (including phenoxy) is 1. The molecule has 1 unspecified atom stereocenters. The number of hydrogen-bond acceptors (Lipinski definition) is 2. The van der Waals surface area contributed by atoms with Crippen LogP contribution in [0.3, 0.4) is 0 Å². The number of fused-ring (bicyclic) bond motifs is 1. The summed E-state index contributed by atoms with van der Waals surface area (Å²) >= 11 is 12.5. The van der Waals surface area contributed by atoms with Crippen molar-refractivity contribution in [2.75, 3.05) is 0 Å². The molecule has 1 atom stereocenters. The van der Waals surface area contributed by atoms with Gasteiger partial charge in [-0.15, -0.1) is 23.2 Å². The van der Waals surface area contributed by atoms with E-state index in [9.17, 15) is 0 Å². The lowest BCUT2D eigenvalue weighted by molar-refractivity contribution is 0.287. The second-order valence-electron chi connectivity index (χ2n) is 6.85. The first-order chi connectivity index (χ1) is 11.9. The number of imidazole rings is 1. The zero-order valence-electron chi connectivity index (χ0n) is 14.3. The molecule has 130 valence electrons. The molecular formula is C20H20Cl2N2O. The van der Waals surface area contributed by atoms with Crippen molar-refractivity contribution in [3.8, 4) is 5.75 Å². The Balaban J connectivity index is 1.63. The summed E-state index contributed by atoms with van der Waals surface area (Å²) in [7, 11) is 0. The van der Waals surface area contributed by atoms with Crippen LogP contribution in [0.4, 0.5) is 0 Å². The van der Waals surface area contributed by atoms with Crippen molar-refractivity contribution < 1.29 is 4.74 Å². The summed E-state index contributed by atoms with van der Waals surface area (Å²) in [4.78, 5) is 4.76. The number of aryl methyl sites for hydroxylation is 2. The summed E-state index contributed by atoms with van der Waals surface area (Å²) in [5.41, 5.74) is 4.37. The van der Waals surface area contributed by atoms with E-state index in [1.54, 1.807) is 0 Å². The van der Waals surface area contributed by atoms with E-state index in [-0.39, 0.29) is 5.92 Å². The summed E-state index contributed by atoms with van der Waals surface area (Å²) in [6, 6.07) is 14.4. The fourth-order valence-electron chi connectivity index (χ4n) is 3.13. The van der Waals surface area contributed by atoms with E-state index in [0.29, 0.717) is 6.61 Å². The Kier molecular flexibility index (Phi) is 4.17. The summed E-state index contributed by atoms with van der Waals surface area (Å²) in [6.45, 7) is 5.30. The lowest BCUT2D eigenvalue weighted by Crippen LogP contribution is -2.11. The van der Waals surface area contributed by atoms with Crippen molar-refractivity contribution in [2.24, 2.45) is 5.92 Å². The molecule has 25 heavy (non-hydrogen) atoms. The van der Waals surface area contributed by atoms with Crippen LogP contribution in [0.2, 0.25) is 0 Å². The highest BCUT2D eigenvalue weighted by atomic mass is 35.5. The number of halogens is 2. The molecular weight excluding hydrogens is 355 g/mol. The Morgan fingerprint density at radius 2 is 1.96 bits per heavy atom. The molecule has 5 heteroatoms. The molecule has 0 N–H and O–H groups in total. The molecule has 2 aromatic carbocycles. The highest BCUT2D eigenvalue weighted by Crippen LogP contribution is 2.54. The van der Waals surface area contributed by atoms with Crippen LogP contribution in [0.5, 0.6) is 5.75 Å². The van der Waals surface area contributed by atoms with Gasteiger partial charge in [-0.2, -0.15) is 0 Å². The van der Waals surface area contributed by atoms with Gasteiger partial charge >= 0.3 is 0 Å². The van der Waals surface area contributed by atoms with Gasteiger partial charge in [-0.1, -0.05) is 24.3 Å². The molecule has 0 spiro atoms. The van der Waals surface area contributed by atoms with E-state index in [2.05, 4.69) is 42.7 Å². The first kappa shape index (κ1) is 16.7. The summed E-state index contributed by atoms with van der Waals surface area (Å²) in [6.07, 6.45) is 0.819. The average molecular weight is 375 g/mol. The third kappa shape index (κ3) is 3.36. The van der Waals surface area contributed by atoms with Crippen LogP contribution < -0.4 is 4.74 Å². The molecule has 0 radical (unpaired) electrons. The van der Waals surface area contributed by atoms with Crippen LogP contribution in [-0.2, 0) is 13.2 Å². The molecule has 1 aromatic heterocycles. The Morgan fingerprint density at radius 3 is 2.72 bits per heavy atom. The minimum Gasteiger partial charge on any atom is -0.485 e. The van der Waals surface area contributed by atoms with Gasteiger partial charge in [-0.25, -0.2) is 4.98 Å². The van der Waals surface area contributed by atoms with Crippen molar-refractivity contribution in [2.45, 2.75) is 37.8 Å². The number of para-hydroxylation sites is 2. The molecule has 0 saturated heterocycles. The smallest absolute Gasteiger partial charge is 0.148 e. The number of rotatable bonds is 5. The van der Waals surface area contributed by atoms with Crippen molar-refractivity contribution in [1.29, 1.82) is 0 Å². The lowest BCUT2D eigenvalue weighted by atomic mass is 10.1. The van der Waals surface area contributed by atoms with Gasteiger partial charge in [0.25, 0.3) is 0 Å². The van der Waals surface area contributed by atoms with E-state index in [1.807, 2.05) is 18.2 Å². The molecule has 0 aliphatic heterocycles. The quantitative estimate of drug-likeness (QED) is 0.557. The second-order valence-corrected chi connectivity index (χ2v) is 8.39. The van der Waals surface area contributed by atoms with Gasteiger partial charge in [0.05, 0.1) is 11.0 Å². The molecule has 1 heterocycles. The van der Waals surface area contributed by atoms with Crippen LogP contribution in [0.1, 0.15) is 23.4 Å². The van der Waals surface area contributed by atoms with Gasteiger partial charge in [0.15, 0.2) is 0 Å². The maximum absolute atomic E-state index is 6.24. The first-order valence-electron chi connectivity index (χ1n) is 8.46. The Morgan fingerprint density at radius 1 is 1.20 bits per heavy atom.